The number of allylic oxidation sites excluding steroid dienone is 1. The molecule has 5 nitrogen and oxygen atoms in total. The Bertz CT molecular complexity index is 1030. The van der Waals surface area contributed by atoms with Crippen molar-refractivity contribution in [2.75, 3.05) is 32.8 Å². The number of benzene rings is 1. The van der Waals surface area contributed by atoms with Crippen LogP contribution in [-0.4, -0.2) is 66.0 Å². The Balaban J connectivity index is 1.86. The summed E-state index contributed by atoms with van der Waals surface area (Å²) in [6.07, 6.45) is 7.30. The van der Waals surface area contributed by atoms with Crippen LogP contribution in [0.5, 0.6) is 0 Å². The van der Waals surface area contributed by atoms with Gasteiger partial charge in [0.2, 0.25) is 0 Å². The molecule has 5 atom stereocenters. The summed E-state index contributed by atoms with van der Waals surface area (Å²) in [4.78, 5) is 22.6. The van der Waals surface area contributed by atoms with Crippen molar-refractivity contribution >= 4 is 29.5 Å². The number of ether oxygens (including phenoxy) is 1. The van der Waals surface area contributed by atoms with Gasteiger partial charge in [0.05, 0.1) is 36.0 Å². The number of carbonyl (C=O) groups is 1. The van der Waals surface area contributed by atoms with Crippen molar-refractivity contribution in [2.24, 2.45) is 5.41 Å². The lowest BCUT2D eigenvalue weighted by molar-refractivity contribution is -0.128. The highest BCUT2D eigenvalue weighted by atomic mass is 35.5. The first kappa shape index (κ1) is 27.3. The summed E-state index contributed by atoms with van der Waals surface area (Å²) in [6.45, 7) is 12.7. The van der Waals surface area contributed by atoms with Gasteiger partial charge in [0.1, 0.15) is 6.29 Å². The van der Waals surface area contributed by atoms with E-state index in [1.165, 1.54) is 0 Å². The van der Waals surface area contributed by atoms with E-state index >= 15 is 0 Å². The van der Waals surface area contributed by atoms with Gasteiger partial charge in [-0.15, -0.1) is 6.58 Å². The molecular weight excluding hydrogens is 493 g/mol. The first-order valence-corrected chi connectivity index (χ1v) is 13.7. The second-order valence-electron chi connectivity index (χ2n) is 10.4. The van der Waals surface area contributed by atoms with E-state index in [9.17, 15) is 4.79 Å². The molecule has 0 radical (unpaired) electrons. The lowest BCUT2D eigenvalue weighted by Crippen LogP contribution is -2.61. The van der Waals surface area contributed by atoms with E-state index in [1.807, 2.05) is 30.3 Å². The predicted molar refractivity (Wildman–Crippen MR) is 147 cm³/mol. The van der Waals surface area contributed by atoms with Crippen LogP contribution in [0.4, 0.5) is 0 Å². The number of aldehydes is 1. The van der Waals surface area contributed by atoms with Gasteiger partial charge < -0.3 is 9.53 Å². The van der Waals surface area contributed by atoms with Crippen molar-refractivity contribution in [3.63, 3.8) is 0 Å². The third-order valence-electron chi connectivity index (χ3n) is 7.96. The zero-order valence-electron chi connectivity index (χ0n) is 21.3. The highest BCUT2D eigenvalue weighted by Gasteiger charge is 2.52. The summed E-state index contributed by atoms with van der Waals surface area (Å²) in [6, 6.07) is 11.8. The van der Waals surface area contributed by atoms with E-state index in [-0.39, 0.29) is 29.5 Å². The number of hydrogen-bond acceptors (Lipinski definition) is 5. The maximum atomic E-state index is 12.9. The van der Waals surface area contributed by atoms with Crippen molar-refractivity contribution in [2.45, 2.75) is 57.2 Å². The van der Waals surface area contributed by atoms with Gasteiger partial charge in [-0.2, -0.15) is 0 Å². The first-order valence-electron chi connectivity index (χ1n) is 12.9. The molecule has 0 N–H and O–H groups in total. The number of rotatable bonds is 9. The van der Waals surface area contributed by atoms with E-state index in [0.29, 0.717) is 10.0 Å². The molecule has 2 aliphatic heterocycles. The third kappa shape index (κ3) is 5.87. The van der Waals surface area contributed by atoms with Crippen molar-refractivity contribution in [3.8, 4) is 0 Å². The largest absolute Gasteiger partial charge is 0.379 e. The highest BCUT2D eigenvalue weighted by molar-refractivity contribution is 6.30. The molecule has 1 aromatic heterocycles. The summed E-state index contributed by atoms with van der Waals surface area (Å²) < 4.78 is 5.60. The van der Waals surface area contributed by atoms with Crippen molar-refractivity contribution in [3.05, 3.63) is 76.6 Å². The Morgan fingerprint density at radius 1 is 1.22 bits per heavy atom. The summed E-state index contributed by atoms with van der Waals surface area (Å²) in [5.41, 5.74) is 1.81. The normalized spacial score (nSPS) is 28.5. The lowest BCUT2D eigenvalue weighted by Gasteiger charge is -2.56. The van der Waals surface area contributed by atoms with Crippen LogP contribution in [0.3, 0.4) is 0 Å². The van der Waals surface area contributed by atoms with Crippen LogP contribution in [0, 0.1) is 5.41 Å². The van der Waals surface area contributed by atoms with Gasteiger partial charge in [0.25, 0.3) is 0 Å². The van der Waals surface area contributed by atoms with Gasteiger partial charge in [-0.05, 0) is 54.5 Å². The lowest BCUT2D eigenvalue weighted by atomic mass is 9.64. The van der Waals surface area contributed by atoms with E-state index in [4.69, 9.17) is 32.9 Å². The predicted octanol–water partition coefficient (Wildman–Crippen LogP) is 6.18. The molecular formula is C29H37Cl2N3O2. The van der Waals surface area contributed by atoms with Gasteiger partial charge in [0, 0.05) is 42.8 Å². The van der Waals surface area contributed by atoms with Crippen LogP contribution < -0.4 is 0 Å². The number of carbonyl (C=O) groups excluding carboxylic acids is 1. The standard InChI is InChI=1S/C29H37Cl2N3O2/c1-4-11-29(3)17-25(21-7-6-8-22(30)16-21)28(26-10-9-23(31)18-32-26)34(27(29)20-35)24(5-2)19-33-12-14-36-15-13-33/h4,6-10,16,18,20,24-25,27-28H,1,5,11-15,17,19H2,2-3H3/t24-,25+,27?,28-,29-/m0/s1. The van der Waals surface area contributed by atoms with Crippen LogP contribution in [-0.2, 0) is 9.53 Å². The summed E-state index contributed by atoms with van der Waals surface area (Å²) in [7, 11) is 0. The van der Waals surface area contributed by atoms with Crippen molar-refractivity contribution in [1.29, 1.82) is 0 Å². The van der Waals surface area contributed by atoms with Gasteiger partial charge in [0.15, 0.2) is 0 Å². The fraction of sp³-hybridized carbons (Fsp3) is 0.517. The molecule has 1 aromatic carbocycles. The number of nitrogens with zero attached hydrogens (tertiary/aromatic N) is 3. The fourth-order valence-electron chi connectivity index (χ4n) is 6.17. The van der Waals surface area contributed by atoms with Crippen molar-refractivity contribution < 1.29 is 9.53 Å². The monoisotopic (exact) mass is 529 g/mol. The smallest absolute Gasteiger partial charge is 0.137 e. The van der Waals surface area contributed by atoms with Crippen LogP contribution in [0.2, 0.25) is 10.0 Å². The molecule has 2 aromatic rings. The summed E-state index contributed by atoms with van der Waals surface area (Å²) in [5.74, 6) is 0.0947. The molecule has 0 bridgehead atoms. The maximum absolute atomic E-state index is 12.9. The number of pyridine rings is 1. The van der Waals surface area contributed by atoms with Gasteiger partial charge in [-0.1, -0.05) is 55.3 Å². The second-order valence-corrected chi connectivity index (χ2v) is 11.2. The van der Waals surface area contributed by atoms with Crippen LogP contribution in [0.25, 0.3) is 0 Å². The van der Waals surface area contributed by atoms with Gasteiger partial charge >= 0.3 is 0 Å². The molecule has 0 amide bonds. The minimum absolute atomic E-state index is 0.0947. The van der Waals surface area contributed by atoms with E-state index in [0.717, 1.165) is 69.7 Å². The fourth-order valence-corrected chi connectivity index (χ4v) is 6.48. The molecule has 36 heavy (non-hydrogen) atoms. The van der Waals surface area contributed by atoms with Crippen LogP contribution >= 0.6 is 23.2 Å². The molecule has 3 heterocycles. The van der Waals surface area contributed by atoms with E-state index < -0.39 is 0 Å². The molecule has 7 heteroatoms. The van der Waals surface area contributed by atoms with Crippen molar-refractivity contribution in [1.82, 2.24) is 14.8 Å². The summed E-state index contributed by atoms with van der Waals surface area (Å²) in [5, 5.41) is 1.31. The molecule has 1 unspecified atom stereocenters. The quantitative estimate of drug-likeness (QED) is 0.286. The summed E-state index contributed by atoms with van der Waals surface area (Å²) >= 11 is 12.7. The Morgan fingerprint density at radius 3 is 2.61 bits per heavy atom. The third-order valence-corrected chi connectivity index (χ3v) is 8.42. The van der Waals surface area contributed by atoms with E-state index in [2.05, 4.69) is 42.4 Å². The van der Waals surface area contributed by atoms with Crippen LogP contribution in [0.1, 0.15) is 56.3 Å². The molecule has 2 saturated heterocycles. The number of likely N-dealkylation sites (tertiary alicyclic amines) is 1. The number of halogens is 2. The Labute approximate surface area is 225 Å². The van der Waals surface area contributed by atoms with E-state index in [1.54, 1.807) is 6.20 Å². The number of morpholine rings is 1. The van der Waals surface area contributed by atoms with Gasteiger partial charge in [-0.3, -0.25) is 14.8 Å². The number of piperidine rings is 1. The maximum Gasteiger partial charge on any atom is 0.137 e. The number of hydrogen-bond donors (Lipinski definition) is 0. The molecule has 2 fully saturated rings. The minimum atomic E-state index is -0.280. The molecule has 194 valence electrons. The SMILES string of the molecule is C=CC[C@@]1(C)C[C@H](c2cccc(Cl)c2)[C@@H](c2ccc(Cl)cn2)N([C@@H](CC)CN2CCOCC2)C1C=O. The highest BCUT2D eigenvalue weighted by Crippen LogP contribution is 2.54. The molecule has 4 rings (SSSR count). The molecule has 0 aliphatic carbocycles. The second kappa shape index (κ2) is 12.2. The molecule has 2 aliphatic rings. The average Bonchev–Trinajstić information content (AvgIpc) is 2.88. The molecule has 0 spiro atoms. The Hall–Kier alpha value is -1.76. The zero-order valence-corrected chi connectivity index (χ0v) is 22.8. The van der Waals surface area contributed by atoms with Crippen LogP contribution in [0.15, 0.2) is 55.3 Å². The first-order chi connectivity index (χ1) is 17.4. The Morgan fingerprint density at radius 2 is 2.00 bits per heavy atom. The Kier molecular flexibility index (Phi) is 9.24. The average molecular weight is 531 g/mol. The zero-order chi connectivity index (χ0) is 25.7. The minimum Gasteiger partial charge on any atom is -0.379 e. The molecule has 0 saturated carbocycles. The topological polar surface area (TPSA) is 45.7 Å². The van der Waals surface area contributed by atoms with Gasteiger partial charge in [-0.25, -0.2) is 0 Å². The number of aromatic nitrogens is 1.